The zero-order valence-corrected chi connectivity index (χ0v) is 15.6. The molecule has 0 spiro atoms. The van der Waals surface area contributed by atoms with Gasteiger partial charge in [0.15, 0.2) is 0 Å². The molecule has 142 valence electrons. The predicted octanol–water partition coefficient (Wildman–Crippen LogP) is 4.63. The van der Waals surface area contributed by atoms with Gasteiger partial charge in [0, 0.05) is 30.6 Å². The van der Waals surface area contributed by atoms with Crippen molar-refractivity contribution in [3.63, 3.8) is 0 Å². The van der Waals surface area contributed by atoms with Crippen LogP contribution in [0.15, 0.2) is 30.3 Å². The topological polar surface area (TPSA) is 28.2 Å². The van der Waals surface area contributed by atoms with E-state index >= 15 is 0 Å². The number of aromatic nitrogens is 1. The molecule has 1 aliphatic heterocycles. The molecule has 2 aromatic rings. The Morgan fingerprint density at radius 3 is 2.54 bits per heavy atom. The van der Waals surface area contributed by atoms with Crippen LogP contribution in [0.4, 0.5) is 13.2 Å². The van der Waals surface area contributed by atoms with Crippen LogP contribution in [-0.4, -0.2) is 35.1 Å². The van der Waals surface area contributed by atoms with Crippen molar-refractivity contribution in [1.29, 1.82) is 0 Å². The van der Waals surface area contributed by atoms with Gasteiger partial charge in [0.25, 0.3) is 0 Å². The van der Waals surface area contributed by atoms with E-state index in [-0.39, 0.29) is 6.04 Å². The minimum absolute atomic E-state index is 0.140. The summed E-state index contributed by atoms with van der Waals surface area (Å²) in [5, 5.41) is 4.01. The molecule has 3 rings (SSSR count). The van der Waals surface area contributed by atoms with E-state index in [1.165, 1.54) is 12.1 Å². The van der Waals surface area contributed by atoms with Gasteiger partial charge >= 0.3 is 6.18 Å². The van der Waals surface area contributed by atoms with Crippen molar-refractivity contribution in [3.05, 3.63) is 41.6 Å². The maximum atomic E-state index is 12.9. The first-order valence-electron chi connectivity index (χ1n) is 9.14. The molecular weight excluding hydrogens is 339 g/mol. The van der Waals surface area contributed by atoms with Crippen LogP contribution in [0.1, 0.15) is 45.0 Å². The van der Waals surface area contributed by atoms with Gasteiger partial charge in [0.05, 0.1) is 22.8 Å². The van der Waals surface area contributed by atoms with Crippen molar-refractivity contribution in [2.45, 2.75) is 52.0 Å². The molecule has 1 aromatic heterocycles. The first-order chi connectivity index (χ1) is 12.2. The largest absolute Gasteiger partial charge is 0.416 e. The van der Waals surface area contributed by atoms with E-state index in [0.717, 1.165) is 24.8 Å². The molecule has 26 heavy (non-hydrogen) atoms. The highest BCUT2D eigenvalue weighted by Crippen LogP contribution is 2.34. The highest BCUT2D eigenvalue weighted by molar-refractivity contribution is 5.79. The second-order valence-electron chi connectivity index (χ2n) is 7.69. The van der Waals surface area contributed by atoms with Gasteiger partial charge in [-0.1, -0.05) is 19.9 Å². The number of rotatable bonds is 3. The molecule has 0 unspecified atom stereocenters. The van der Waals surface area contributed by atoms with Crippen LogP contribution in [0.2, 0.25) is 0 Å². The molecule has 1 fully saturated rings. The van der Waals surface area contributed by atoms with Crippen LogP contribution >= 0.6 is 0 Å². The number of fused-ring (bicyclic) bond motifs is 1. The Hall–Kier alpha value is -1.66. The molecule has 0 radical (unpaired) electrons. The van der Waals surface area contributed by atoms with E-state index in [0.29, 0.717) is 28.9 Å². The second kappa shape index (κ2) is 7.16. The zero-order chi connectivity index (χ0) is 19.1. The number of pyridine rings is 1. The van der Waals surface area contributed by atoms with Crippen LogP contribution in [0, 0.1) is 5.92 Å². The summed E-state index contributed by atoms with van der Waals surface area (Å²) in [6.07, 6.45) is -4.33. The first kappa shape index (κ1) is 19.1. The van der Waals surface area contributed by atoms with Gasteiger partial charge in [0.2, 0.25) is 0 Å². The smallest absolute Gasteiger partial charge is 0.311 e. The molecule has 0 amide bonds. The summed E-state index contributed by atoms with van der Waals surface area (Å²) in [5.41, 5.74) is 0.898. The normalized spacial score (nSPS) is 23.5. The Labute approximate surface area is 152 Å². The van der Waals surface area contributed by atoms with Gasteiger partial charge < -0.3 is 5.32 Å². The molecule has 3 atom stereocenters. The van der Waals surface area contributed by atoms with Crippen LogP contribution in [0.25, 0.3) is 10.9 Å². The van der Waals surface area contributed by atoms with Crippen LogP contribution < -0.4 is 5.32 Å². The predicted molar refractivity (Wildman–Crippen MR) is 98.0 cm³/mol. The third-order valence-electron chi connectivity index (χ3n) is 5.14. The molecule has 3 nitrogen and oxygen atoms in total. The first-order valence-corrected chi connectivity index (χ1v) is 9.14. The number of alkyl halides is 3. The lowest BCUT2D eigenvalue weighted by atomic mass is 9.94. The molecule has 1 aromatic carbocycles. The molecule has 0 aliphatic carbocycles. The molecule has 1 aliphatic rings. The van der Waals surface area contributed by atoms with Gasteiger partial charge in [-0.2, -0.15) is 13.2 Å². The molecular formula is C20H26F3N3. The Morgan fingerprint density at radius 2 is 1.88 bits per heavy atom. The van der Waals surface area contributed by atoms with Gasteiger partial charge in [-0.25, -0.2) is 0 Å². The fraction of sp³-hybridized carbons (Fsp3) is 0.550. The van der Waals surface area contributed by atoms with Gasteiger partial charge in [-0.05, 0) is 44.0 Å². The van der Waals surface area contributed by atoms with E-state index in [1.54, 1.807) is 6.07 Å². The van der Waals surface area contributed by atoms with Crippen molar-refractivity contribution >= 4 is 10.9 Å². The number of piperazine rings is 1. The number of nitrogens with zero attached hydrogens (tertiary/aromatic N) is 2. The van der Waals surface area contributed by atoms with Crippen molar-refractivity contribution in [1.82, 2.24) is 15.2 Å². The maximum Gasteiger partial charge on any atom is 0.416 e. The molecule has 2 heterocycles. The van der Waals surface area contributed by atoms with Crippen LogP contribution in [0.5, 0.6) is 0 Å². The Bertz CT molecular complexity index is 772. The molecule has 1 saturated heterocycles. The third kappa shape index (κ3) is 3.86. The summed E-state index contributed by atoms with van der Waals surface area (Å²) >= 11 is 0. The summed E-state index contributed by atoms with van der Waals surface area (Å²) in [5.74, 6) is 0.349. The van der Waals surface area contributed by atoms with Crippen molar-refractivity contribution in [3.8, 4) is 0 Å². The lowest BCUT2D eigenvalue weighted by Crippen LogP contribution is -2.56. The van der Waals surface area contributed by atoms with Gasteiger partial charge in [-0.3, -0.25) is 9.88 Å². The van der Waals surface area contributed by atoms with E-state index < -0.39 is 11.7 Å². The Kier molecular flexibility index (Phi) is 5.26. The van der Waals surface area contributed by atoms with Crippen LogP contribution in [0.3, 0.4) is 0 Å². The van der Waals surface area contributed by atoms with Crippen LogP contribution in [-0.2, 0) is 6.18 Å². The Morgan fingerprint density at radius 1 is 1.15 bits per heavy atom. The summed E-state index contributed by atoms with van der Waals surface area (Å²) in [4.78, 5) is 7.19. The molecule has 0 saturated carbocycles. The average Bonchev–Trinajstić information content (AvgIpc) is 2.56. The second-order valence-corrected chi connectivity index (χ2v) is 7.69. The SMILES string of the molecule is CC(C)[C@H](c1ccc2cc(C(F)(F)F)ccc2n1)N1C[C@H](C)NC[C@H]1C. The van der Waals surface area contributed by atoms with E-state index in [2.05, 4.69) is 37.9 Å². The zero-order valence-electron chi connectivity index (χ0n) is 15.6. The minimum atomic E-state index is -4.33. The number of hydrogen-bond donors (Lipinski definition) is 1. The third-order valence-corrected chi connectivity index (χ3v) is 5.14. The summed E-state index contributed by atoms with van der Waals surface area (Å²) in [6, 6.07) is 8.33. The highest BCUT2D eigenvalue weighted by Gasteiger charge is 2.33. The molecule has 6 heteroatoms. The van der Waals surface area contributed by atoms with E-state index in [4.69, 9.17) is 4.98 Å². The number of nitrogens with one attached hydrogen (secondary N) is 1. The van der Waals surface area contributed by atoms with Crippen molar-refractivity contribution < 1.29 is 13.2 Å². The fourth-order valence-electron chi connectivity index (χ4n) is 3.81. The quantitative estimate of drug-likeness (QED) is 0.859. The fourth-order valence-corrected chi connectivity index (χ4v) is 3.81. The molecule has 1 N–H and O–H groups in total. The standard InChI is InChI=1S/C20H26F3N3/c1-12(2)19(26-11-13(3)24-10-14(26)4)18-7-5-15-9-16(20(21,22)23)6-8-17(15)25-18/h5-9,12-14,19,24H,10-11H2,1-4H3/t13-,14+,19+/m0/s1. The van der Waals surface area contributed by atoms with E-state index in [9.17, 15) is 13.2 Å². The van der Waals surface area contributed by atoms with Crippen molar-refractivity contribution in [2.75, 3.05) is 13.1 Å². The van der Waals surface area contributed by atoms with Crippen molar-refractivity contribution in [2.24, 2.45) is 5.92 Å². The molecule has 0 bridgehead atoms. The lowest BCUT2D eigenvalue weighted by Gasteiger charge is -2.44. The highest BCUT2D eigenvalue weighted by atomic mass is 19.4. The number of halogens is 3. The Balaban J connectivity index is 1.98. The van der Waals surface area contributed by atoms with Gasteiger partial charge in [0.1, 0.15) is 0 Å². The minimum Gasteiger partial charge on any atom is -0.311 e. The summed E-state index contributed by atoms with van der Waals surface area (Å²) in [6.45, 7) is 10.6. The number of benzene rings is 1. The van der Waals surface area contributed by atoms with E-state index in [1.807, 2.05) is 6.07 Å². The lowest BCUT2D eigenvalue weighted by molar-refractivity contribution is -0.137. The number of hydrogen-bond acceptors (Lipinski definition) is 3. The monoisotopic (exact) mass is 365 g/mol. The summed E-state index contributed by atoms with van der Waals surface area (Å²) < 4.78 is 38.8. The summed E-state index contributed by atoms with van der Waals surface area (Å²) in [7, 11) is 0. The maximum absolute atomic E-state index is 12.9. The average molecular weight is 365 g/mol. The van der Waals surface area contributed by atoms with Gasteiger partial charge in [-0.15, -0.1) is 0 Å².